The van der Waals surface area contributed by atoms with Gasteiger partial charge in [0.1, 0.15) is 5.52 Å². The highest BCUT2D eigenvalue weighted by molar-refractivity contribution is 7.99. The SMILES string of the molecule is CN(C)C(=O)CSc1nc2cc([N+](=O)[O-])ccc2o1. The number of thioether (sulfide) groups is 1. The van der Waals surface area contributed by atoms with Crippen molar-refractivity contribution in [3.63, 3.8) is 0 Å². The number of benzene rings is 1. The fraction of sp³-hybridized carbons (Fsp3) is 0.273. The summed E-state index contributed by atoms with van der Waals surface area (Å²) in [5.74, 6) is 0.153. The molecule has 0 unspecified atom stereocenters. The fourth-order valence-electron chi connectivity index (χ4n) is 1.32. The predicted octanol–water partition coefficient (Wildman–Crippen LogP) is 1.92. The van der Waals surface area contributed by atoms with Crippen LogP contribution in [0.15, 0.2) is 27.8 Å². The number of carbonyl (C=O) groups excluding carboxylic acids is 1. The topological polar surface area (TPSA) is 89.5 Å². The average molecular weight is 281 g/mol. The van der Waals surface area contributed by atoms with Crippen LogP contribution < -0.4 is 0 Å². The van der Waals surface area contributed by atoms with Gasteiger partial charge in [0.2, 0.25) is 5.91 Å². The van der Waals surface area contributed by atoms with E-state index in [2.05, 4.69) is 4.98 Å². The van der Waals surface area contributed by atoms with Gasteiger partial charge in [0.25, 0.3) is 10.9 Å². The van der Waals surface area contributed by atoms with Gasteiger partial charge in [-0.3, -0.25) is 14.9 Å². The summed E-state index contributed by atoms with van der Waals surface area (Å²) in [6, 6.07) is 4.20. The molecule has 0 radical (unpaired) electrons. The number of nitro benzene ring substituents is 1. The molecule has 0 aliphatic heterocycles. The van der Waals surface area contributed by atoms with Crippen molar-refractivity contribution in [3.8, 4) is 0 Å². The first kappa shape index (κ1) is 13.3. The molecule has 0 atom stereocenters. The largest absolute Gasteiger partial charge is 0.431 e. The highest BCUT2D eigenvalue weighted by atomic mass is 32.2. The lowest BCUT2D eigenvalue weighted by molar-refractivity contribution is -0.384. The molecule has 1 aromatic heterocycles. The van der Waals surface area contributed by atoms with Crippen molar-refractivity contribution in [2.45, 2.75) is 5.22 Å². The normalized spacial score (nSPS) is 10.6. The van der Waals surface area contributed by atoms with E-state index in [0.717, 1.165) is 11.8 Å². The van der Waals surface area contributed by atoms with E-state index in [0.29, 0.717) is 16.3 Å². The third kappa shape index (κ3) is 3.02. The van der Waals surface area contributed by atoms with Crippen LogP contribution in [0, 0.1) is 10.1 Å². The lowest BCUT2D eigenvalue weighted by Gasteiger charge is -2.07. The second-order valence-electron chi connectivity index (χ2n) is 3.97. The van der Waals surface area contributed by atoms with E-state index in [9.17, 15) is 14.9 Å². The number of nitro groups is 1. The summed E-state index contributed by atoms with van der Waals surface area (Å²) in [5.41, 5.74) is 0.834. The van der Waals surface area contributed by atoms with Crippen molar-refractivity contribution in [1.29, 1.82) is 0 Å². The smallest absolute Gasteiger partial charge is 0.271 e. The van der Waals surface area contributed by atoms with Gasteiger partial charge in [0.15, 0.2) is 5.58 Å². The molecule has 0 fully saturated rings. The quantitative estimate of drug-likeness (QED) is 0.483. The summed E-state index contributed by atoms with van der Waals surface area (Å²) in [5, 5.41) is 11.0. The van der Waals surface area contributed by atoms with Crippen LogP contribution in [0.3, 0.4) is 0 Å². The second-order valence-corrected chi connectivity index (χ2v) is 4.89. The lowest BCUT2D eigenvalue weighted by Crippen LogP contribution is -2.23. The monoisotopic (exact) mass is 281 g/mol. The van der Waals surface area contributed by atoms with E-state index in [1.807, 2.05) is 0 Å². The maximum absolute atomic E-state index is 11.4. The average Bonchev–Trinajstić information content (AvgIpc) is 2.77. The number of hydrogen-bond donors (Lipinski definition) is 0. The van der Waals surface area contributed by atoms with Crippen LogP contribution in [0.2, 0.25) is 0 Å². The highest BCUT2D eigenvalue weighted by Crippen LogP contribution is 2.26. The van der Waals surface area contributed by atoms with Gasteiger partial charge in [-0.15, -0.1) is 0 Å². The minimum Gasteiger partial charge on any atom is -0.431 e. The molecule has 0 saturated carbocycles. The van der Waals surface area contributed by atoms with Gasteiger partial charge < -0.3 is 9.32 Å². The van der Waals surface area contributed by atoms with Crippen molar-refractivity contribution in [3.05, 3.63) is 28.3 Å². The van der Waals surface area contributed by atoms with E-state index < -0.39 is 4.92 Å². The van der Waals surface area contributed by atoms with E-state index in [4.69, 9.17) is 4.42 Å². The van der Waals surface area contributed by atoms with Crippen molar-refractivity contribution in [2.75, 3.05) is 19.8 Å². The molecule has 100 valence electrons. The molecule has 2 rings (SSSR count). The Morgan fingerprint density at radius 2 is 2.26 bits per heavy atom. The standard InChI is InChI=1S/C11H11N3O4S/c1-13(2)10(15)6-19-11-12-8-5-7(14(16)17)3-4-9(8)18-11/h3-5H,6H2,1-2H3. The second kappa shape index (κ2) is 5.27. The molecule has 7 nitrogen and oxygen atoms in total. The Morgan fingerprint density at radius 1 is 1.53 bits per heavy atom. The van der Waals surface area contributed by atoms with Crippen LogP contribution in [-0.4, -0.2) is 40.6 Å². The van der Waals surface area contributed by atoms with Gasteiger partial charge in [0.05, 0.1) is 10.7 Å². The van der Waals surface area contributed by atoms with Gasteiger partial charge >= 0.3 is 0 Å². The molecule has 0 N–H and O–H groups in total. The molecule has 8 heteroatoms. The first-order chi connectivity index (χ1) is 8.97. The van der Waals surface area contributed by atoms with Crippen LogP contribution in [0.4, 0.5) is 5.69 Å². The molecule has 0 bridgehead atoms. The summed E-state index contributed by atoms with van der Waals surface area (Å²) >= 11 is 1.16. The Kier molecular flexibility index (Phi) is 3.70. The Hall–Kier alpha value is -2.09. The molecule has 0 aliphatic carbocycles. The van der Waals surface area contributed by atoms with Gasteiger partial charge in [-0.2, -0.15) is 0 Å². The molecule has 0 saturated heterocycles. The van der Waals surface area contributed by atoms with Crippen LogP contribution in [0.5, 0.6) is 0 Å². The number of carbonyl (C=O) groups is 1. The molecular weight excluding hydrogens is 270 g/mol. The zero-order valence-electron chi connectivity index (χ0n) is 10.3. The predicted molar refractivity (Wildman–Crippen MR) is 70.1 cm³/mol. The van der Waals surface area contributed by atoms with Crippen LogP contribution in [0.25, 0.3) is 11.1 Å². The zero-order chi connectivity index (χ0) is 14.0. The van der Waals surface area contributed by atoms with E-state index in [1.165, 1.54) is 23.1 Å². The molecular formula is C11H11N3O4S. The van der Waals surface area contributed by atoms with E-state index >= 15 is 0 Å². The molecule has 1 aromatic carbocycles. The maximum Gasteiger partial charge on any atom is 0.271 e. The molecule has 0 spiro atoms. The van der Waals surface area contributed by atoms with Crippen LogP contribution in [0.1, 0.15) is 0 Å². The lowest BCUT2D eigenvalue weighted by atomic mass is 10.3. The highest BCUT2D eigenvalue weighted by Gasteiger charge is 2.13. The number of amides is 1. The molecule has 1 amide bonds. The molecule has 19 heavy (non-hydrogen) atoms. The molecule has 1 heterocycles. The van der Waals surface area contributed by atoms with E-state index in [1.54, 1.807) is 14.1 Å². The summed E-state index contributed by atoms with van der Waals surface area (Å²) in [6.45, 7) is 0. The number of non-ortho nitro benzene ring substituents is 1. The van der Waals surface area contributed by atoms with Crippen molar-refractivity contribution in [2.24, 2.45) is 0 Å². The molecule has 0 aliphatic rings. The summed E-state index contributed by atoms with van der Waals surface area (Å²) in [6.07, 6.45) is 0. The number of rotatable bonds is 4. The van der Waals surface area contributed by atoms with Gasteiger partial charge in [0, 0.05) is 26.2 Å². The van der Waals surface area contributed by atoms with Gasteiger partial charge in [-0.1, -0.05) is 11.8 Å². The minimum absolute atomic E-state index is 0.0401. The summed E-state index contributed by atoms with van der Waals surface area (Å²) in [7, 11) is 3.33. The first-order valence-electron chi connectivity index (χ1n) is 5.35. The third-order valence-corrected chi connectivity index (χ3v) is 3.19. The summed E-state index contributed by atoms with van der Waals surface area (Å²) in [4.78, 5) is 27.1. The van der Waals surface area contributed by atoms with Crippen LogP contribution >= 0.6 is 11.8 Å². The Morgan fingerprint density at radius 3 is 2.89 bits per heavy atom. The zero-order valence-corrected chi connectivity index (χ0v) is 11.1. The minimum atomic E-state index is -0.490. The fourth-order valence-corrected chi connectivity index (χ4v) is 2.14. The Labute approximate surface area is 112 Å². The van der Waals surface area contributed by atoms with Gasteiger partial charge in [-0.05, 0) is 6.07 Å². The third-order valence-electron chi connectivity index (χ3n) is 2.38. The number of hydrogen-bond acceptors (Lipinski definition) is 6. The molecule has 2 aromatic rings. The number of fused-ring (bicyclic) bond motifs is 1. The Bertz CT molecular complexity index is 638. The number of aromatic nitrogens is 1. The maximum atomic E-state index is 11.4. The van der Waals surface area contributed by atoms with Crippen LogP contribution in [-0.2, 0) is 4.79 Å². The summed E-state index contributed by atoms with van der Waals surface area (Å²) < 4.78 is 5.39. The van der Waals surface area contributed by atoms with Crippen molar-refractivity contribution >= 4 is 34.5 Å². The number of nitrogens with zero attached hydrogens (tertiary/aromatic N) is 3. The van der Waals surface area contributed by atoms with Crippen molar-refractivity contribution in [1.82, 2.24) is 9.88 Å². The Balaban J connectivity index is 2.17. The van der Waals surface area contributed by atoms with E-state index in [-0.39, 0.29) is 17.3 Å². The van der Waals surface area contributed by atoms with Crippen molar-refractivity contribution < 1.29 is 14.1 Å². The van der Waals surface area contributed by atoms with Gasteiger partial charge in [-0.25, -0.2) is 4.98 Å². The number of oxazole rings is 1. The first-order valence-corrected chi connectivity index (χ1v) is 6.34.